The Morgan fingerprint density at radius 3 is 2.46 bits per heavy atom. The minimum atomic E-state index is -0.975. The van der Waals surface area contributed by atoms with Crippen molar-refractivity contribution in [3.8, 4) is 0 Å². The first kappa shape index (κ1) is 18.0. The smallest absolute Gasteiger partial charge is 0.111 e. The molecule has 0 aromatic carbocycles. The van der Waals surface area contributed by atoms with E-state index in [1.54, 1.807) is 6.92 Å². The highest BCUT2D eigenvalue weighted by molar-refractivity contribution is 5.96. The summed E-state index contributed by atoms with van der Waals surface area (Å²) in [5.74, 6) is 1.73. The maximum absolute atomic E-state index is 11.4. The summed E-state index contributed by atoms with van der Waals surface area (Å²) in [6, 6.07) is 0. The molecule has 4 rings (SSSR count). The number of aliphatic hydroxyl groups is 1. The quantitative estimate of drug-likeness (QED) is 0.369. The Labute approximate surface area is 155 Å². The minimum Gasteiger partial charge on any atom is -0.411 e. The standard InChI is InChI=1S/C21H32N2O3/c1-13(22-25)21(24)11-8-18-16-5-4-14-12-15(23-26)6-9-19(14,2)17(16)7-10-20(18,21)3/h12,16-18,24-26H,4-11H2,1-3H3/t16-,17+,18+,19+,20-,21+/m0/s1. The monoisotopic (exact) mass is 360 g/mol. The number of hydrogen-bond acceptors (Lipinski definition) is 5. The number of hydrogen-bond donors (Lipinski definition) is 3. The molecule has 0 aliphatic heterocycles. The van der Waals surface area contributed by atoms with Gasteiger partial charge in [0, 0.05) is 5.41 Å². The van der Waals surface area contributed by atoms with Gasteiger partial charge in [0.05, 0.1) is 11.4 Å². The number of allylic oxidation sites excluding steroid dienone is 2. The molecule has 0 heterocycles. The molecule has 4 aliphatic carbocycles. The predicted molar refractivity (Wildman–Crippen MR) is 101 cm³/mol. The molecule has 3 saturated carbocycles. The van der Waals surface area contributed by atoms with E-state index in [0.717, 1.165) is 50.7 Å². The Morgan fingerprint density at radius 2 is 1.77 bits per heavy atom. The Hall–Kier alpha value is -1.36. The molecule has 0 aromatic heterocycles. The second-order valence-corrected chi connectivity index (χ2v) is 9.63. The van der Waals surface area contributed by atoms with Crippen LogP contribution in [-0.4, -0.2) is 32.5 Å². The van der Waals surface area contributed by atoms with Gasteiger partial charge < -0.3 is 15.5 Å². The van der Waals surface area contributed by atoms with Crippen LogP contribution in [-0.2, 0) is 0 Å². The topological polar surface area (TPSA) is 85.4 Å². The zero-order valence-corrected chi connectivity index (χ0v) is 16.2. The van der Waals surface area contributed by atoms with E-state index in [4.69, 9.17) is 0 Å². The maximum atomic E-state index is 11.4. The van der Waals surface area contributed by atoms with Crippen LogP contribution in [0.1, 0.15) is 72.1 Å². The lowest BCUT2D eigenvalue weighted by Gasteiger charge is -2.59. The van der Waals surface area contributed by atoms with E-state index in [9.17, 15) is 15.5 Å². The van der Waals surface area contributed by atoms with E-state index in [1.807, 2.05) is 0 Å². The van der Waals surface area contributed by atoms with Gasteiger partial charge in [-0.25, -0.2) is 0 Å². The van der Waals surface area contributed by atoms with Gasteiger partial charge in [-0.15, -0.1) is 0 Å². The molecule has 0 amide bonds. The summed E-state index contributed by atoms with van der Waals surface area (Å²) >= 11 is 0. The molecule has 0 bridgehead atoms. The molecule has 144 valence electrons. The van der Waals surface area contributed by atoms with E-state index in [0.29, 0.717) is 29.9 Å². The molecule has 4 aliphatic rings. The van der Waals surface area contributed by atoms with Gasteiger partial charge >= 0.3 is 0 Å². The lowest BCUT2D eigenvalue weighted by atomic mass is 9.46. The molecule has 5 nitrogen and oxygen atoms in total. The molecule has 5 heteroatoms. The predicted octanol–water partition coefficient (Wildman–Crippen LogP) is 4.36. The summed E-state index contributed by atoms with van der Waals surface area (Å²) < 4.78 is 0. The van der Waals surface area contributed by atoms with E-state index < -0.39 is 5.60 Å². The van der Waals surface area contributed by atoms with Crippen molar-refractivity contribution in [2.45, 2.75) is 77.7 Å². The van der Waals surface area contributed by atoms with Crippen LogP contribution >= 0.6 is 0 Å². The van der Waals surface area contributed by atoms with Gasteiger partial charge in [0.25, 0.3) is 0 Å². The maximum Gasteiger partial charge on any atom is 0.111 e. The Balaban J connectivity index is 1.68. The third-order valence-electron chi connectivity index (χ3n) is 9.01. The van der Waals surface area contributed by atoms with Gasteiger partial charge in [-0.3, -0.25) is 0 Å². The van der Waals surface area contributed by atoms with E-state index in [1.165, 1.54) is 5.57 Å². The first-order chi connectivity index (χ1) is 12.3. The van der Waals surface area contributed by atoms with Crippen molar-refractivity contribution in [2.75, 3.05) is 0 Å². The fourth-order valence-electron chi connectivity index (χ4n) is 7.34. The highest BCUT2D eigenvalue weighted by Gasteiger charge is 2.64. The summed E-state index contributed by atoms with van der Waals surface area (Å²) in [5.41, 5.74) is 1.78. The van der Waals surface area contributed by atoms with E-state index in [-0.39, 0.29) is 10.8 Å². The molecule has 6 atom stereocenters. The van der Waals surface area contributed by atoms with Gasteiger partial charge in [-0.1, -0.05) is 29.7 Å². The van der Waals surface area contributed by atoms with Gasteiger partial charge in [-0.2, -0.15) is 0 Å². The fourth-order valence-corrected chi connectivity index (χ4v) is 7.34. The molecule has 3 N–H and O–H groups in total. The molecule has 3 fully saturated rings. The van der Waals surface area contributed by atoms with E-state index in [2.05, 4.69) is 30.2 Å². The summed E-state index contributed by atoms with van der Waals surface area (Å²) in [4.78, 5) is 0. The van der Waals surface area contributed by atoms with Crippen molar-refractivity contribution in [1.29, 1.82) is 0 Å². The van der Waals surface area contributed by atoms with E-state index >= 15 is 0 Å². The lowest BCUT2D eigenvalue weighted by Crippen LogP contribution is -2.57. The Kier molecular flexibility index (Phi) is 4.03. The first-order valence-corrected chi connectivity index (χ1v) is 10.1. The van der Waals surface area contributed by atoms with Crippen molar-refractivity contribution >= 4 is 11.4 Å². The zero-order chi connectivity index (χ0) is 18.7. The molecule has 26 heavy (non-hydrogen) atoms. The average molecular weight is 360 g/mol. The largest absolute Gasteiger partial charge is 0.411 e. The third-order valence-corrected chi connectivity index (χ3v) is 9.01. The van der Waals surface area contributed by atoms with Crippen LogP contribution in [0.3, 0.4) is 0 Å². The van der Waals surface area contributed by atoms with Crippen molar-refractivity contribution < 1.29 is 15.5 Å². The summed E-state index contributed by atoms with van der Waals surface area (Å²) in [6.45, 7) is 6.40. The van der Waals surface area contributed by atoms with Crippen LogP contribution in [0.4, 0.5) is 0 Å². The van der Waals surface area contributed by atoms with Crippen molar-refractivity contribution in [3.05, 3.63) is 11.6 Å². The number of oxime groups is 2. The summed E-state index contributed by atoms with van der Waals surface area (Å²) in [5, 5.41) is 36.8. The molecule has 0 unspecified atom stereocenters. The molecular weight excluding hydrogens is 328 g/mol. The number of rotatable bonds is 1. The van der Waals surface area contributed by atoms with Crippen LogP contribution in [0.2, 0.25) is 0 Å². The zero-order valence-electron chi connectivity index (χ0n) is 16.2. The van der Waals surface area contributed by atoms with Gasteiger partial charge in [-0.05, 0) is 87.5 Å². The van der Waals surface area contributed by atoms with Crippen LogP contribution in [0.5, 0.6) is 0 Å². The highest BCUT2D eigenvalue weighted by Crippen LogP contribution is 2.67. The average Bonchev–Trinajstić information content (AvgIpc) is 2.92. The fraction of sp³-hybridized carbons (Fsp3) is 0.810. The number of nitrogens with zero attached hydrogens (tertiary/aromatic N) is 2. The van der Waals surface area contributed by atoms with Crippen molar-refractivity contribution in [3.63, 3.8) is 0 Å². The molecule has 0 radical (unpaired) electrons. The van der Waals surface area contributed by atoms with Crippen LogP contribution in [0, 0.1) is 28.6 Å². The SMILES string of the molecule is CC(=NO)[C@]1(O)CC[C@@H]2[C@H]3CCC4=CC(=NO)CC[C@@]4(C)[C@@H]3CC[C@@]21C. The van der Waals surface area contributed by atoms with Crippen LogP contribution in [0.25, 0.3) is 0 Å². The summed E-state index contributed by atoms with van der Waals surface area (Å²) in [7, 11) is 0. The molecule has 0 spiro atoms. The number of fused-ring (bicyclic) bond motifs is 5. The second-order valence-electron chi connectivity index (χ2n) is 9.63. The van der Waals surface area contributed by atoms with Crippen molar-refractivity contribution in [1.82, 2.24) is 0 Å². The Morgan fingerprint density at radius 1 is 1.04 bits per heavy atom. The second kappa shape index (κ2) is 5.82. The normalized spacial score (nSPS) is 50.0. The van der Waals surface area contributed by atoms with Gasteiger partial charge in [0.15, 0.2) is 0 Å². The van der Waals surface area contributed by atoms with Crippen LogP contribution in [0.15, 0.2) is 22.0 Å². The molecule has 0 saturated heterocycles. The van der Waals surface area contributed by atoms with Gasteiger partial charge in [0.2, 0.25) is 0 Å². The van der Waals surface area contributed by atoms with Crippen LogP contribution < -0.4 is 0 Å². The molecule has 0 aromatic rings. The summed E-state index contributed by atoms with van der Waals surface area (Å²) in [6.07, 6.45) is 10.1. The van der Waals surface area contributed by atoms with Gasteiger partial charge in [0.1, 0.15) is 5.60 Å². The molecular formula is C21H32N2O3. The Bertz CT molecular complexity index is 699. The lowest BCUT2D eigenvalue weighted by molar-refractivity contribution is -0.0952. The third kappa shape index (κ3) is 2.12. The minimum absolute atomic E-state index is 0.194. The highest BCUT2D eigenvalue weighted by atomic mass is 16.4. The van der Waals surface area contributed by atoms with Crippen molar-refractivity contribution in [2.24, 2.45) is 38.9 Å². The first-order valence-electron chi connectivity index (χ1n) is 10.1.